The largest absolute Gasteiger partial charge is 0.411 e. The summed E-state index contributed by atoms with van der Waals surface area (Å²) in [6.45, 7) is 3.47. The summed E-state index contributed by atoms with van der Waals surface area (Å²) in [6, 6.07) is -0.0547. The first-order valence-corrected chi connectivity index (χ1v) is 2.78. The molecule has 0 radical (unpaired) electrons. The van der Waals surface area contributed by atoms with Gasteiger partial charge >= 0.3 is 0 Å². The van der Waals surface area contributed by atoms with Crippen molar-refractivity contribution in [3.63, 3.8) is 0 Å². The molecule has 0 spiro atoms. The van der Waals surface area contributed by atoms with Crippen molar-refractivity contribution in [2.75, 3.05) is 0 Å². The van der Waals surface area contributed by atoms with Gasteiger partial charge < -0.3 is 10.4 Å². The van der Waals surface area contributed by atoms with Crippen LogP contribution in [-0.2, 0) is 0 Å². The number of hydrogen-bond acceptors (Lipinski definition) is 4. The maximum atomic E-state index is 8.29. The highest BCUT2D eigenvalue weighted by Crippen LogP contribution is 1.91. The second-order valence-corrected chi connectivity index (χ2v) is 2.07. The summed E-state index contributed by atoms with van der Waals surface area (Å²) >= 11 is 0. The van der Waals surface area contributed by atoms with Crippen LogP contribution in [0.4, 0.5) is 0 Å². The van der Waals surface area contributed by atoms with Gasteiger partial charge in [-0.1, -0.05) is 5.16 Å². The van der Waals surface area contributed by atoms with E-state index < -0.39 is 0 Å². The summed E-state index contributed by atoms with van der Waals surface area (Å²) in [7, 11) is 0. The van der Waals surface area contributed by atoms with Crippen LogP contribution in [0, 0.1) is 0 Å². The topological polar surface area (TPSA) is 64.8 Å². The summed E-state index contributed by atoms with van der Waals surface area (Å²) < 4.78 is 0. The van der Waals surface area contributed by atoms with Gasteiger partial charge in [0.05, 0.1) is 5.71 Å². The van der Waals surface area contributed by atoms with Crippen molar-refractivity contribution < 1.29 is 10.4 Å². The van der Waals surface area contributed by atoms with E-state index in [1.54, 1.807) is 13.8 Å². The molecule has 4 heteroatoms. The van der Waals surface area contributed by atoms with Gasteiger partial charge in [0, 0.05) is 12.5 Å². The Kier molecular flexibility index (Phi) is 4.00. The third-order valence-electron chi connectivity index (χ3n) is 0.993. The van der Waals surface area contributed by atoms with Crippen LogP contribution in [0.2, 0.25) is 0 Å². The monoisotopic (exact) mass is 132 g/mol. The van der Waals surface area contributed by atoms with E-state index in [-0.39, 0.29) is 6.04 Å². The molecule has 0 aliphatic carbocycles. The molecule has 0 aromatic heterocycles. The van der Waals surface area contributed by atoms with Crippen LogP contribution in [-0.4, -0.2) is 22.2 Å². The third kappa shape index (κ3) is 3.93. The van der Waals surface area contributed by atoms with Gasteiger partial charge in [-0.2, -0.15) is 0 Å². The van der Waals surface area contributed by atoms with Crippen molar-refractivity contribution in [1.82, 2.24) is 5.48 Å². The Morgan fingerprint density at radius 3 is 2.67 bits per heavy atom. The minimum Gasteiger partial charge on any atom is -0.411 e. The smallest absolute Gasteiger partial charge is 0.0556 e. The molecule has 54 valence electrons. The minimum absolute atomic E-state index is 0.0547. The Labute approximate surface area is 54.1 Å². The molecule has 1 unspecified atom stereocenters. The summed E-state index contributed by atoms with van der Waals surface area (Å²) in [6.07, 6.45) is 0.549. The van der Waals surface area contributed by atoms with E-state index in [9.17, 15) is 0 Å². The molecule has 0 bridgehead atoms. The van der Waals surface area contributed by atoms with Crippen molar-refractivity contribution in [1.29, 1.82) is 0 Å². The molecule has 9 heavy (non-hydrogen) atoms. The van der Waals surface area contributed by atoms with E-state index in [1.807, 2.05) is 5.48 Å². The SMILES string of the molecule is CC(CC(C)NO)=NO. The lowest BCUT2D eigenvalue weighted by Gasteiger charge is -2.05. The van der Waals surface area contributed by atoms with E-state index in [1.165, 1.54) is 0 Å². The highest BCUT2D eigenvalue weighted by Gasteiger charge is 2.00. The van der Waals surface area contributed by atoms with Gasteiger partial charge in [0.2, 0.25) is 0 Å². The Bertz CT molecular complexity index is 103. The Balaban J connectivity index is 3.47. The first-order chi connectivity index (χ1) is 4.20. The van der Waals surface area contributed by atoms with Gasteiger partial charge in [-0.25, -0.2) is 5.48 Å². The Hall–Kier alpha value is -0.610. The average molecular weight is 132 g/mol. The molecular formula is C5H12N2O2. The maximum absolute atomic E-state index is 8.29. The van der Waals surface area contributed by atoms with Crippen LogP contribution in [0.1, 0.15) is 20.3 Å². The number of hydrogen-bond donors (Lipinski definition) is 3. The van der Waals surface area contributed by atoms with Gasteiger partial charge in [-0.3, -0.25) is 0 Å². The zero-order valence-electron chi connectivity index (χ0n) is 5.63. The van der Waals surface area contributed by atoms with Gasteiger partial charge in [0.25, 0.3) is 0 Å². The van der Waals surface area contributed by atoms with Crippen LogP contribution < -0.4 is 5.48 Å². The molecule has 0 aromatic rings. The highest BCUT2D eigenvalue weighted by atomic mass is 16.5. The summed E-state index contributed by atoms with van der Waals surface area (Å²) in [5.74, 6) is 0. The van der Waals surface area contributed by atoms with Gasteiger partial charge in [0.1, 0.15) is 0 Å². The maximum Gasteiger partial charge on any atom is 0.0556 e. The molecule has 0 aliphatic rings. The molecule has 1 atom stereocenters. The predicted octanol–water partition coefficient (Wildman–Crippen LogP) is 0.594. The first-order valence-electron chi connectivity index (χ1n) is 2.78. The molecular weight excluding hydrogens is 120 g/mol. The fourth-order valence-electron chi connectivity index (χ4n) is 0.530. The van der Waals surface area contributed by atoms with E-state index in [0.29, 0.717) is 12.1 Å². The minimum atomic E-state index is -0.0547. The number of rotatable bonds is 3. The molecule has 0 saturated heterocycles. The molecule has 0 aliphatic heterocycles. The van der Waals surface area contributed by atoms with Crippen LogP contribution in [0.3, 0.4) is 0 Å². The first kappa shape index (κ1) is 8.39. The lowest BCUT2D eigenvalue weighted by atomic mass is 10.2. The van der Waals surface area contributed by atoms with E-state index in [0.717, 1.165) is 0 Å². The van der Waals surface area contributed by atoms with Gasteiger partial charge in [0.15, 0.2) is 0 Å². The van der Waals surface area contributed by atoms with Crippen LogP contribution in [0.25, 0.3) is 0 Å². The molecule has 4 nitrogen and oxygen atoms in total. The summed E-state index contributed by atoms with van der Waals surface area (Å²) in [4.78, 5) is 0. The Morgan fingerprint density at radius 2 is 2.33 bits per heavy atom. The molecule has 3 N–H and O–H groups in total. The highest BCUT2D eigenvalue weighted by molar-refractivity contribution is 5.81. The number of oxime groups is 1. The van der Waals surface area contributed by atoms with E-state index in [4.69, 9.17) is 10.4 Å². The summed E-state index contributed by atoms with van der Waals surface area (Å²) in [5.41, 5.74) is 2.64. The predicted molar refractivity (Wildman–Crippen MR) is 33.9 cm³/mol. The molecule has 0 saturated carbocycles. The quantitative estimate of drug-likeness (QED) is 0.299. The van der Waals surface area contributed by atoms with Crippen LogP contribution >= 0.6 is 0 Å². The van der Waals surface area contributed by atoms with Crippen molar-refractivity contribution in [2.24, 2.45) is 5.16 Å². The molecule has 0 rings (SSSR count). The van der Waals surface area contributed by atoms with Crippen molar-refractivity contribution in [2.45, 2.75) is 26.3 Å². The van der Waals surface area contributed by atoms with Crippen molar-refractivity contribution in [3.05, 3.63) is 0 Å². The lowest BCUT2D eigenvalue weighted by Crippen LogP contribution is -2.24. The van der Waals surface area contributed by atoms with Crippen LogP contribution in [0.15, 0.2) is 5.16 Å². The van der Waals surface area contributed by atoms with Crippen LogP contribution in [0.5, 0.6) is 0 Å². The number of nitrogens with one attached hydrogen (secondary N) is 1. The second-order valence-electron chi connectivity index (χ2n) is 2.07. The summed E-state index contributed by atoms with van der Waals surface area (Å²) in [5, 5.41) is 19.4. The Morgan fingerprint density at radius 1 is 1.78 bits per heavy atom. The average Bonchev–Trinajstić information content (AvgIpc) is 1.87. The zero-order chi connectivity index (χ0) is 7.28. The normalized spacial score (nSPS) is 15.7. The fourth-order valence-corrected chi connectivity index (χ4v) is 0.530. The standard InChI is InChI=1S/C5H12N2O2/c1-4(6-8)3-5(2)7-9/h4,6,8-9H,3H2,1-2H3. The van der Waals surface area contributed by atoms with Crippen molar-refractivity contribution in [3.8, 4) is 0 Å². The molecule has 0 heterocycles. The number of hydroxylamine groups is 1. The third-order valence-corrected chi connectivity index (χ3v) is 0.993. The molecule has 0 amide bonds. The van der Waals surface area contributed by atoms with Gasteiger partial charge in [-0.05, 0) is 13.8 Å². The van der Waals surface area contributed by atoms with E-state index >= 15 is 0 Å². The molecule has 0 fully saturated rings. The van der Waals surface area contributed by atoms with Gasteiger partial charge in [-0.15, -0.1) is 0 Å². The van der Waals surface area contributed by atoms with Crippen molar-refractivity contribution >= 4 is 5.71 Å². The second kappa shape index (κ2) is 4.29. The molecule has 0 aromatic carbocycles. The lowest BCUT2D eigenvalue weighted by molar-refractivity contribution is 0.135. The zero-order valence-corrected chi connectivity index (χ0v) is 5.63. The van der Waals surface area contributed by atoms with E-state index in [2.05, 4.69) is 5.16 Å². The number of nitrogens with zero attached hydrogens (tertiary/aromatic N) is 1. The fraction of sp³-hybridized carbons (Fsp3) is 0.800.